The third kappa shape index (κ3) is 4.04. The molecule has 0 atom stereocenters. The molecule has 0 radical (unpaired) electrons. The van der Waals surface area contributed by atoms with Gasteiger partial charge in [0, 0.05) is 44.0 Å². The van der Waals surface area contributed by atoms with Gasteiger partial charge in [0.15, 0.2) is 5.13 Å². The lowest BCUT2D eigenvalue weighted by Gasteiger charge is -2.15. The number of nitrogens with zero attached hydrogens (tertiary/aromatic N) is 4. The van der Waals surface area contributed by atoms with E-state index >= 15 is 0 Å². The zero-order chi connectivity index (χ0) is 15.4. The van der Waals surface area contributed by atoms with Gasteiger partial charge in [-0.2, -0.15) is 0 Å². The van der Waals surface area contributed by atoms with Crippen LogP contribution in [-0.2, 0) is 26.6 Å². The van der Waals surface area contributed by atoms with Gasteiger partial charge >= 0.3 is 0 Å². The Morgan fingerprint density at radius 2 is 2.19 bits per heavy atom. The molecule has 0 bridgehead atoms. The number of imidazole rings is 1. The molecule has 1 N–H and O–H groups in total. The van der Waals surface area contributed by atoms with Gasteiger partial charge in [-0.15, -0.1) is 11.3 Å². The molecule has 0 aliphatic heterocycles. The van der Waals surface area contributed by atoms with Crippen LogP contribution in [0.3, 0.4) is 0 Å². The van der Waals surface area contributed by atoms with E-state index in [1.807, 2.05) is 24.0 Å². The Morgan fingerprint density at radius 3 is 2.76 bits per heavy atom. The van der Waals surface area contributed by atoms with Gasteiger partial charge in [-0.3, -0.25) is 0 Å². The van der Waals surface area contributed by atoms with Gasteiger partial charge in [-0.1, -0.05) is 20.8 Å². The Kier molecular flexibility index (Phi) is 5.36. The van der Waals surface area contributed by atoms with Crippen LogP contribution in [0, 0.1) is 0 Å². The standard InChI is InChI=1S/C15H25N5S/c1-6-12-13(9-17-11(2)3)21-15(18-12)20(5)10-14-16-7-8-19(14)4/h7-8,11,17H,6,9-10H2,1-5H3. The van der Waals surface area contributed by atoms with Crippen molar-refractivity contribution in [1.29, 1.82) is 0 Å². The Morgan fingerprint density at radius 1 is 1.43 bits per heavy atom. The maximum absolute atomic E-state index is 4.78. The smallest absolute Gasteiger partial charge is 0.185 e. The summed E-state index contributed by atoms with van der Waals surface area (Å²) in [6, 6.07) is 0.491. The summed E-state index contributed by atoms with van der Waals surface area (Å²) in [5.74, 6) is 1.05. The number of hydrogen-bond donors (Lipinski definition) is 1. The summed E-state index contributed by atoms with van der Waals surface area (Å²) in [6.45, 7) is 8.17. The summed E-state index contributed by atoms with van der Waals surface area (Å²) in [5, 5.41) is 4.54. The molecule has 6 heteroatoms. The minimum Gasteiger partial charge on any atom is -0.344 e. The van der Waals surface area contributed by atoms with Gasteiger partial charge in [0.1, 0.15) is 5.82 Å². The molecule has 2 heterocycles. The maximum atomic E-state index is 4.78. The van der Waals surface area contributed by atoms with Gasteiger partial charge in [0.25, 0.3) is 0 Å². The van der Waals surface area contributed by atoms with Gasteiger partial charge < -0.3 is 14.8 Å². The molecule has 2 aromatic rings. The minimum absolute atomic E-state index is 0.491. The lowest BCUT2D eigenvalue weighted by atomic mass is 10.3. The molecule has 0 aliphatic carbocycles. The van der Waals surface area contributed by atoms with Gasteiger partial charge in [-0.05, 0) is 6.42 Å². The highest BCUT2D eigenvalue weighted by Gasteiger charge is 2.14. The van der Waals surface area contributed by atoms with Crippen LogP contribution >= 0.6 is 11.3 Å². The second kappa shape index (κ2) is 7.04. The molecular weight excluding hydrogens is 282 g/mol. The summed E-state index contributed by atoms with van der Waals surface area (Å²) >= 11 is 1.78. The van der Waals surface area contributed by atoms with Crippen molar-refractivity contribution in [1.82, 2.24) is 19.9 Å². The number of hydrogen-bond acceptors (Lipinski definition) is 5. The first-order valence-electron chi connectivity index (χ1n) is 7.40. The second-order valence-corrected chi connectivity index (χ2v) is 6.63. The quantitative estimate of drug-likeness (QED) is 0.854. The largest absolute Gasteiger partial charge is 0.344 e. The first-order chi connectivity index (χ1) is 10.0. The Balaban J connectivity index is 2.10. The van der Waals surface area contributed by atoms with E-state index in [1.165, 1.54) is 10.6 Å². The molecule has 0 unspecified atom stereocenters. The van der Waals surface area contributed by atoms with Crippen molar-refractivity contribution >= 4 is 16.5 Å². The first kappa shape index (κ1) is 16.0. The number of rotatable bonds is 7. The molecule has 0 saturated carbocycles. The van der Waals surface area contributed by atoms with E-state index in [0.717, 1.165) is 30.5 Å². The van der Waals surface area contributed by atoms with E-state index in [4.69, 9.17) is 4.98 Å². The summed E-state index contributed by atoms with van der Waals surface area (Å²) in [5.41, 5.74) is 1.20. The molecule has 21 heavy (non-hydrogen) atoms. The normalized spacial score (nSPS) is 11.3. The molecule has 2 rings (SSSR count). The zero-order valence-corrected chi connectivity index (χ0v) is 14.4. The molecule has 0 saturated heterocycles. The van der Waals surface area contributed by atoms with Crippen molar-refractivity contribution in [3.8, 4) is 0 Å². The van der Waals surface area contributed by atoms with Gasteiger partial charge in [0.2, 0.25) is 0 Å². The number of aromatic nitrogens is 3. The third-order valence-corrected chi connectivity index (χ3v) is 4.61. The average molecular weight is 307 g/mol. The fraction of sp³-hybridized carbons (Fsp3) is 0.600. The molecule has 0 spiro atoms. The van der Waals surface area contributed by atoms with Gasteiger partial charge in [0.05, 0.1) is 12.2 Å². The van der Waals surface area contributed by atoms with E-state index in [1.54, 1.807) is 11.3 Å². The summed E-state index contributed by atoms with van der Waals surface area (Å²) in [4.78, 5) is 12.7. The predicted octanol–water partition coefficient (Wildman–Crippen LogP) is 2.57. The SMILES string of the molecule is CCc1nc(N(C)Cc2nccn2C)sc1CNC(C)C. The molecule has 0 amide bonds. The Hall–Kier alpha value is -1.40. The van der Waals surface area contributed by atoms with Crippen LogP contribution in [0.1, 0.15) is 37.2 Å². The van der Waals surface area contributed by atoms with Crippen LogP contribution in [0.15, 0.2) is 12.4 Å². The highest BCUT2D eigenvalue weighted by atomic mass is 32.1. The van der Waals surface area contributed by atoms with E-state index in [-0.39, 0.29) is 0 Å². The lowest BCUT2D eigenvalue weighted by Crippen LogP contribution is -2.21. The maximum Gasteiger partial charge on any atom is 0.185 e. The molecule has 0 fully saturated rings. The first-order valence-corrected chi connectivity index (χ1v) is 8.22. The fourth-order valence-corrected chi connectivity index (χ4v) is 3.13. The Labute approximate surface area is 131 Å². The van der Waals surface area contributed by atoms with Crippen LogP contribution in [0.4, 0.5) is 5.13 Å². The number of anilines is 1. The highest BCUT2D eigenvalue weighted by molar-refractivity contribution is 7.15. The number of nitrogens with one attached hydrogen (secondary N) is 1. The molecule has 0 aromatic carbocycles. The fourth-order valence-electron chi connectivity index (χ4n) is 2.07. The second-order valence-electron chi connectivity index (χ2n) is 5.57. The van der Waals surface area contributed by atoms with Crippen molar-refractivity contribution in [3.63, 3.8) is 0 Å². The van der Waals surface area contributed by atoms with Crippen molar-refractivity contribution in [2.75, 3.05) is 11.9 Å². The Bertz CT molecular complexity index is 572. The summed E-state index contributed by atoms with van der Waals surface area (Å²) in [7, 11) is 4.10. The van der Waals surface area contributed by atoms with Crippen LogP contribution < -0.4 is 10.2 Å². The van der Waals surface area contributed by atoms with E-state index in [0.29, 0.717) is 6.04 Å². The van der Waals surface area contributed by atoms with E-state index in [9.17, 15) is 0 Å². The van der Waals surface area contributed by atoms with E-state index < -0.39 is 0 Å². The van der Waals surface area contributed by atoms with E-state index in [2.05, 4.69) is 43.0 Å². The van der Waals surface area contributed by atoms with Crippen LogP contribution in [0.25, 0.3) is 0 Å². The van der Waals surface area contributed by atoms with Crippen LogP contribution in [0.2, 0.25) is 0 Å². The van der Waals surface area contributed by atoms with Crippen molar-refractivity contribution in [3.05, 3.63) is 28.8 Å². The molecule has 2 aromatic heterocycles. The van der Waals surface area contributed by atoms with Gasteiger partial charge in [-0.25, -0.2) is 9.97 Å². The van der Waals surface area contributed by atoms with Crippen LogP contribution in [-0.4, -0.2) is 27.6 Å². The zero-order valence-electron chi connectivity index (χ0n) is 13.6. The van der Waals surface area contributed by atoms with Crippen molar-refractivity contribution in [2.45, 2.75) is 46.3 Å². The highest BCUT2D eigenvalue weighted by Crippen LogP contribution is 2.27. The minimum atomic E-state index is 0.491. The topological polar surface area (TPSA) is 46.0 Å². The van der Waals surface area contributed by atoms with Crippen molar-refractivity contribution in [2.24, 2.45) is 7.05 Å². The average Bonchev–Trinajstić information content (AvgIpc) is 3.03. The predicted molar refractivity (Wildman–Crippen MR) is 88.8 cm³/mol. The summed E-state index contributed by atoms with van der Waals surface area (Å²) < 4.78 is 2.05. The molecule has 0 aliphatic rings. The van der Waals surface area contributed by atoms with Crippen molar-refractivity contribution < 1.29 is 0 Å². The third-order valence-electron chi connectivity index (χ3n) is 3.40. The van der Waals surface area contributed by atoms with Crippen LogP contribution in [0.5, 0.6) is 0 Å². The number of thiazole rings is 1. The monoisotopic (exact) mass is 307 g/mol. The number of aryl methyl sites for hydroxylation is 2. The summed E-state index contributed by atoms with van der Waals surface area (Å²) in [6.07, 6.45) is 4.78. The molecular formula is C15H25N5S. The molecule has 116 valence electrons. The molecule has 5 nitrogen and oxygen atoms in total. The lowest BCUT2D eigenvalue weighted by molar-refractivity contribution is 0.590.